The van der Waals surface area contributed by atoms with Gasteiger partial charge in [0.1, 0.15) is 6.61 Å². The molecule has 2 aliphatic heterocycles. The topological polar surface area (TPSA) is 96.0 Å². The van der Waals surface area contributed by atoms with Gasteiger partial charge in [0.15, 0.2) is 0 Å². The van der Waals surface area contributed by atoms with Crippen molar-refractivity contribution in [3.8, 4) is 0 Å². The predicted molar refractivity (Wildman–Crippen MR) is 111 cm³/mol. The Hall–Kier alpha value is -2.39. The van der Waals surface area contributed by atoms with E-state index >= 15 is 0 Å². The molecule has 30 heavy (non-hydrogen) atoms. The normalized spacial score (nSPS) is 26.7. The number of likely N-dealkylation sites (tertiary alicyclic amines) is 1. The molecule has 0 bridgehead atoms. The van der Waals surface area contributed by atoms with Crippen LogP contribution >= 0.6 is 0 Å². The lowest BCUT2D eigenvalue weighted by Crippen LogP contribution is -2.47. The molecule has 2 unspecified atom stereocenters. The highest BCUT2D eigenvalue weighted by molar-refractivity contribution is 7.89. The smallest absolute Gasteiger partial charge is 0.410 e. The minimum absolute atomic E-state index is 0.0585. The van der Waals surface area contributed by atoms with Crippen LogP contribution in [0, 0.1) is 11.8 Å². The van der Waals surface area contributed by atoms with Crippen LogP contribution < -0.4 is 5.32 Å². The Morgan fingerprint density at radius 1 is 1.13 bits per heavy atom. The fraction of sp³-hybridized carbons (Fsp3) is 0.524. The van der Waals surface area contributed by atoms with Gasteiger partial charge in [0.25, 0.3) is 0 Å². The third-order valence-corrected chi connectivity index (χ3v) is 8.67. The van der Waals surface area contributed by atoms with Crippen LogP contribution in [0.4, 0.5) is 4.79 Å². The lowest BCUT2D eigenvalue weighted by atomic mass is 10.1. The molecular weight excluding hydrogens is 406 g/mol. The first-order chi connectivity index (χ1) is 14.4. The van der Waals surface area contributed by atoms with Crippen LogP contribution in [0.5, 0.6) is 0 Å². The van der Waals surface area contributed by atoms with Crippen LogP contribution in [0.25, 0.3) is 0 Å². The number of piperidine rings is 2. The molecule has 1 aromatic carbocycles. The Morgan fingerprint density at radius 3 is 2.37 bits per heavy atom. The minimum atomic E-state index is -3.40. The van der Waals surface area contributed by atoms with Crippen molar-refractivity contribution in [1.82, 2.24) is 14.5 Å². The molecule has 2 atom stereocenters. The number of carbonyl (C=O) groups excluding carboxylic acids is 2. The lowest BCUT2D eigenvalue weighted by Gasteiger charge is -2.33. The van der Waals surface area contributed by atoms with Gasteiger partial charge in [-0.1, -0.05) is 36.9 Å². The number of fused-ring (bicyclic) bond motifs is 1. The van der Waals surface area contributed by atoms with Crippen molar-refractivity contribution in [1.29, 1.82) is 0 Å². The number of sulfonamides is 1. The Bertz CT molecular complexity index is 900. The fourth-order valence-electron chi connectivity index (χ4n) is 4.49. The Labute approximate surface area is 176 Å². The average molecular weight is 434 g/mol. The molecule has 2 heterocycles. The van der Waals surface area contributed by atoms with E-state index in [2.05, 4.69) is 11.9 Å². The fourth-order valence-corrected chi connectivity index (χ4v) is 6.48. The van der Waals surface area contributed by atoms with Gasteiger partial charge in [-0.3, -0.25) is 4.79 Å². The molecule has 162 valence electrons. The number of benzene rings is 1. The number of nitrogens with one attached hydrogen (secondary N) is 1. The van der Waals surface area contributed by atoms with Crippen molar-refractivity contribution in [2.75, 3.05) is 26.2 Å². The molecular formula is C21H27N3O5S. The second kappa shape index (κ2) is 8.39. The van der Waals surface area contributed by atoms with Crippen molar-refractivity contribution < 1.29 is 22.7 Å². The van der Waals surface area contributed by atoms with Gasteiger partial charge in [-0.25, -0.2) is 17.5 Å². The Morgan fingerprint density at radius 2 is 1.77 bits per heavy atom. The zero-order valence-corrected chi connectivity index (χ0v) is 17.6. The minimum Gasteiger partial charge on any atom is -0.445 e. The third-order valence-electron chi connectivity index (χ3n) is 6.34. The standard InChI is InChI=1S/C21H27N3O5S/c1-2-19(25)22-20-17-12-24(13-18(17)20)30(27,28)16-8-10-23(11-9-16)21(26)29-14-15-6-4-3-5-7-15/h2-7,16-18,20H,1,8-14H2,(H,22,25). The van der Waals surface area contributed by atoms with Gasteiger partial charge >= 0.3 is 6.09 Å². The maximum absolute atomic E-state index is 13.0. The van der Waals surface area contributed by atoms with E-state index in [9.17, 15) is 18.0 Å². The summed E-state index contributed by atoms with van der Waals surface area (Å²) < 4.78 is 32.9. The van der Waals surface area contributed by atoms with E-state index in [0.717, 1.165) is 5.56 Å². The van der Waals surface area contributed by atoms with Gasteiger partial charge in [0, 0.05) is 32.2 Å². The summed E-state index contributed by atoms with van der Waals surface area (Å²) >= 11 is 0. The number of amides is 2. The Balaban J connectivity index is 1.23. The zero-order chi connectivity index (χ0) is 21.3. The summed E-state index contributed by atoms with van der Waals surface area (Å²) in [6.07, 6.45) is 1.65. The molecule has 1 saturated carbocycles. The second-order valence-electron chi connectivity index (χ2n) is 8.15. The second-order valence-corrected chi connectivity index (χ2v) is 10.4. The molecule has 4 rings (SSSR count). The van der Waals surface area contributed by atoms with Crippen molar-refractivity contribution in [2.45, 2.75) is 30.7 Å². The summed E-state index contributed by atoms with van der Waals surface area (Å²) in [4.78, 5) is 25.3. The predicted octanol–water partition coefficient (Wildman–Crippen LogP) is 1.35. The first-order valence-corrected chi connectivity index (χ1v) is 11.8. The molecule has 3 fully saturated rings. The average Bonchev–Trinajstić information content (AvgIpc) is 3.19. The summed E-state index contributed by atoms with van der Waals surface area (Å²) in [7, 11) is -3.40. The van der Waals surface area contributed by atoms with E-state index in [-0.39, 0.29) is 30.4 Å². The van der Waals surface area contributed by atoms with Gasteiger partial charge in [-0.15, -0.1) is 0 Å². The van der Waals surface area contributed by atoms with Gasteiger partial charge < -0.3 is 15.0 Å². The van der Waals surface area contributed by atoms with E-state index in [0.29, 0.717) is 39.0 Å². The summed E-state index contributed by atoms with van der Waals surface area (Å²) in [5.41, 5.74) is 0.915. The van der Waals surface area contributed by atoms with E-state index < -0.39 is 21.4 Å². The number of ether oxygens (including phenoxy) is 1. The lowest BCUT2D eigenvalue weighted by molar-refractivity contribution is -0.116. The van der Waals surface area contributed by atoms with Crippen LogP contribution in [0.3, 0.4) is 0 Å². The van der Waals surface area contributed by atoms with Crippen molar-refractivity contribution in [3.63, 3.8) is 0 Å². The monoisotopic (exact) mass is 433 g/mol. The maximum atomic E-state index is 13.0. The number of hydrogen-bond donors (Lipinski definition) is 1. The molecule has 0 aromatic heterocycles. The van der Waals surface area contributed by atoms with Crippen LogP contribution in [0.2, 0.25) is 0 Å². The van der Waals surface area contributed by atoms with Crippen molar-refractivity contribution >= 4 is 22.0 Å². The highest BCUT2D eigenvalue weighted by Crippen LogP contribution is 2.47. The van der Waals surface area contributed by atoms with Gasteiger partial charge in [0.05, 0.1) is 5.25 Å². The zero-order valence-electron chi connectivity index (χ0n) is 16.8. The number of carbonyl (C=O) groups is 2. The van der Waals surface area contributed by atoms with Crippen molar-refractivity contribution in [3.05, 3.63) is 48.6 Å². The first kappa shape index (κ1) is 20.9. The quantitative estimate of drug-likeness (QED) is 0.684. The SMILES string of the molecule is C=CC(=O)NC1C2CN(S(=O)(=O)C3CCN(C(=O)OCc4ccccc4)CC3)CC21. The van der Waals surface area contributed by atoms with Crippen LogP contribution in [-0.4, -0.2) is 67.1 Å². The molecule has 1 aliphatic carbocycles. The van der Waals surface area contributed by atoms with E-state index in [4.69, 9.17) is 4.74 Å². The first-order valence-electron chi connectivity index (χ1n) is 10.3. The molecule has 8 nitrogen and oxygen atoms in total. The third kappa shape index (κ3) is 4.22. The van der Waals surface area contributed by atoms with E-state index in [1.165, 1.54) is 6.08 Å². The highest BCUT2D eigenvalue weighted by Gasteiger charge is 2.59. The van der Waals surface area contributed by atoms with Gasteiger partial charge in [-0.05, 0) is 36.3 Å². The summed E-state index contributed by atoms with van der Waals surface area (Å²) in [5.74, 6) is 0.170. The van der Waals surface area contributed by atoms with Crippen LogP contribution in [-0.2, 0) is 26.2 Å². The van der Waals surface area contributed by atoms with Crippen molar-refractivity contribution in [2.24, 2.45) is 11.8 Å². The summed E-state index contributed by atoms with van der Waals surface area (Å²) in [5, 5.41) is 2.39. The number of nitrogens with zero attached hydrogens (tertiary/aromatic N) is 2. The molecule has 0 spiro atoms. The van der Waals surface area contributed by atoms with Gasteiger partial charge in [-0.2, -0.15) is 0 Å². The highest BCUT2D eigenvalue weighted by atomic mass is 32.2. The number of rotatable bonds is 6. The molecule has 3 aliphatic rings. The molecule has 1 aromatic rings. The molecule has 2 saturated heterocycles. The largest absolute Gasteiger partial charge is 0.445 e. The summed E-state index contributed by atoms with van der Waals surface area (Å²) in [6.45, 7) is 5.30. The van der Waals surface area contributed by atoms with E-state index in [1.807, 2.05) is 30.3 Å². The Kier molecular flexibility index (Phi) is 5.84. The summed E-state index contributed by atoms with van der Waals surface area (Å²) in [6, 6.07) is 9.51. The van der Waals surface area contributed by atoms with Crippen LogP contribution in [0.1, 0.15) is 18.4 Å². The van der Waals surface area contributed by atoms with E-state index in [1.54, 1.807) is 9.21 Å². The number of hydrogen-bond acceptors (Lipinski definition) is 5. The maximum Gasteiger partial charge on any atom is 0.410 e. The molecule has 1 N–H and O–H groups in total. The molecule has 2 amide bonds. The van der Waals surface area contributed by atoms with Crippen LogP contribution in [0.15, 0.2) is 43.0 Å². The molecule has 0 radical (unpaired) electrons. The molecule has 9 heteroatoms. The van der Waals surface area contributed by atoms with Gasteiger partial charge in [0.2, 0.25) is 15.9 Å².